The molecule has 8 heteroatoms. The van der Waals surface area contributed by atoms with E-state index >= 15 is 0 Å². The highest BCUT2D eigenvalue weighted by Crippen LogP contribution is 2.21. The molecule has 1 aliphatic rings. The van der Waals surface area contributed by atoms with E-state index in [-0.39, 0.29) is 18.2 Å². The van der Waals surface area contributed by atoms with Gasteiger partial charge in [0, 0.05) is 25.9 Å². The van der Waals surface area contributed by atoms with Crippen LogP contribution in [0.25, 0.3) is 0 Å². The average Bonchev–Trinajstić information content (AvgIpc) is 3.12. The van der Waals surface area contributed by atoms with Gasteiger partial charge < -0.3 is 5.32 Å². The molecule has 1 aromatic heterocycles. The second kappa shape index (κ2) is 7.69. The Bertz CT molecular complexity index is 784. The number of amides is 2. The number of carbonyl (C=O) groups excluding carboxylic acids is 2. The van der Waals surface area contributed by atoms with Gasteiger partial charge in [-0.15, -0.1) is 0 Å². The van der Waals surface area contributed by atoms with Gasteiger partial charge in [0.1, 0.15) is 18.4 Å². The maximum atomic E-state index is 12.3. The van der Waals surface area contributed by atoms with Gasteiger partial charge in [0.15, 0.2) is 0 Å². The van der Waals surface area contributed by atoms with Gasteiger partial charge in [-0.2, -0.15) is 10.2 Å². The highest BCUT2D eigenvalue weighted by Gasteiger charge is 2.25. The maximum Gasteiger partial charge on any atom is 0.267 e. The Balaban J connectivity index is 1.59. The number of aryl methyl sites for hydroxylation is 2. The molecule has 0 radical (unpaired) electrons. The van der Waals surface area contributed by atoms with Crippen LogP contribution in [0.1, 0.15) is 24.8 Å². The lowest BCUT2D eigenvalue weighted by Gasteiger charge is -2.23. The van der Waals surface area contributed by atoms with Crippen LogP contribution in [0.2, 0.25) is 0 Å². The average molecular weight is 340 g/mol. The Hall–Kier alpha value is -3.03. The lowest BCUT2D eigenvalue weighted by atomic mass is 10.1. The van der Waals surface area contributed by atoms with Crippen LogP contribution in [0, 0.1) is 6.92 Å². The molecule has 0 saturated heterocycles. The van der Waals surface area contributed by atoms with Crippen molar-refractivity contribution in [3.63, 3.8) is 0 Å². The molecule has 0 aliphatic carbocycles. The SMILES string of the molecule is Cc1cccc(N2N=C(C(=O)NCCCn3cncn3)CCC2=O)c1. The van der Waals surface area contributed by atoms with Crippen molar-refractivity contribution in [2.45, 2.75) is 32.7 Å². The molecule has 130 valence electrons. The molecule has 2 amide bonds. The van der Waals surface area contributed by atoms with E-state index in [0.717, 1.165) is 12.0 Å². The lowest BCUT2D eigenvalue weighted by Crippen LogP contribution is -2.39. The van der Waals surface area contributed by atoms with Gasteiger partial charge in [0.05, 0.1) is 5.69 Å². The van der Waals surface area contributed by atoms with Crippen molar-refractivity contribution in [2.24, 2.45) is 5.10 Å². The van der Waals surface area contributed by atoms with E-state index in [4.69, 9.17) is 0 Å². The molecule has 0 fully saturated rings. The van der Waals surface area contributed by atoms with Crippen molar-refractivity contribution in [1.29, 1.82) is 0 Å². The van der Waals surface area contributed by atoms with Gasteiger partial charge >= 0.3 is 0 Å². The lowest BCUT2D eigenvalue weighted by molar-refractivity contribution is -0.118. The smallest absolute Gasteiger partial charge is 0.267 e. The summed E-state index contributed by atoms with van der Waals surface area (Å²) >= 11 is 0. The van der Waals surface area contributed by atoms with Crippen LogP contribution >= 0.6 is 0 Å². The number of rotatable bonds is 6. The molecular formula is C17H20N6O2. The molecule has 0 saturated carbocycles. The third-order valence-corrected chi connectivity index (χ3v) is 3.86. The van der Waals surface area contributed by atoms with E-state index in [2.05, 4.69) is 20.5 Å². The number of carbonyl (C=O) groups is 2. The van der Waals surface area contributed by atoms with Crippen molar-refractivity contribution in [3.05, 3.63) is 42.5 Å². The molecule has 1 aromatic carbocycles. The summed E-state index contributed by atoms with van der Waals surface area (Å²) in [5.41, 5.74) is 2.09. The molecule has 3 rings (SSSR count). The van der Waals surface area contributed by atoms with Crippen LogP contribution in [0.4, 0.5) is 5.69 Å². The zero-order chi connectivity index (χ0) is 17.6. The Morgan fingerprint density at radius 3 is 2.96 bits per heavy atom. The first kappa shape index (κ1) is 16.8. The van der Waals surface area contributed by atoms with E-state index in [9.17, 15) is 9.59 Å². The molecule has 2 aromatic rings. The number of nitrogens with zero attached hydrogens (tertiary/aromatic N) is 5. The summed E-state index contributed by atoms with van der Waals surface area (Å²) in [5, 5.41) is 12.4. The normalized spacial score (nSPS) is 14.4. The highest BCUT2D eigenvalue weighted by atomic mass is 16.2. The third kappa shape index (κ3) is 4.28. The van der Waals surface area contributed by atoms with E-state index in [1.54, 1.807) is 11.0 Å². The zero-order valence-corrected chi connectivity index (χ0v) is 14.1. The summed E-state index contributed by atoms with van der Waals surface area (Å²) in [6.45, 7) is 3.14. The fourth-order valence-corrected chi connectivity index (χ4v) is 2.57. The highest BCUT2D eigenvalue weighted by molar-refractivity contribution is 6.40. The third-order valence-electron chi connectivity index (χ3n) is 3.86. The van der Waals surface area contributed by atoms with Crippen molar-refractivity contribution >= 4 is 23.2 Å². The minimum absolute atomic E-state index is 0.103. The first-order chi connectivity index (χ1) is 12.1. The van der Waals surface area contributed by atoms with Gasteiger partial charge in [0.25, 0.3) is 5.91 Å². The number of hydrogen-bond donors (Lipinski definition) is 1. The Kier molecular flexibility index (Phi) is 5.17. The van der Waals surface area contributed by atoms with Crippen LogP contribution in [0.5, 0.6) is 0 Å². The topological polar surface area (TPSA) is 92.5 Å². The number of hydrogen-bond acceptors (Lipinski definition) is 5. The number of anilines is 1. The van der Waals surface area contributed by atoms with Crippen molar-refractivity contribution in [3.8, 4) is 0 Å². The minimum Gasteiger partial charge on any atom is -0.351 e. The van der Waals surface area contributed by atoms with Crippen LogP contribution in [0.3, 0.4) is 0 Å². The van der Waals surface area contributed by atoms with Crippen LogP contribution < -0.4 is 10.3 Å². The van der Waals surface area contributed by atoms with Crippen molar-refractivity contribution < 1.29 is 9.59 Å². The second-order valence-electron chi connectivity index (χ2n) is 5.86. The Labute approximate surface area is 145 Å². The summed E-state index contributed by atoms with van der Waals surface area (Å²) in [5.74, 6) is -0.336. The number of hydrazone groups is 1. The standard InChI is InChI=1S/C17H20N6O2/c1-13-4-2-5-14(10-13)23-16(24)7-6-15(21-23)17(25)19-8-3-9-22-12-18-11-20-22/h2,4-5,10-12H,3,6-9H2,1H3,(H,19,25). The number of nitrogens with one attached hydrogen (secondary N) is 1. The molecule has 25 heavy (non-hydrogen) atoms. The molecule has 0 atom stereocenters. The summed E-state index contributed by atoms with van der Waals surface area (Å²) in [6, 6.07) is 7.50. The number of aromatic nitrogens is 3. The van der Waals surface area contributed by atoms with Crippen LogP contribution in [0.15, 0.2) is 42.0 Å². The maximum absolute atomic E-state index is 12.3. The molecule has 0 spiro atoms. The van der Waals surface area contributed by atoms with Crippen molar-refractivity contribution in [1.82, 2.24) is 20.1 Å². The quantitative estimate of drug-likeness (QED) is 0.802. The molecular weight excluding hydrogens is 320 g/mol. The largest absolute Gasteiger partial charge is 0.351 e. The predicted octanol–water partition coefficient (Wildman–Crippen LogP) is 1.28. The minimum atomic E-state index is -0.233. The first-order valence-electron chi connectivity index (χ1n) is 8.21. The summed E-state index contributed by atoms with van der Waals surface area (Å²) in [7, 11) is 0. The summed E-state index contributed by atoms with van der Waals surface area (Å²) in [6.07, 6.45) is 4.49. The van der Waals surface area contributed by atoms with Gasteiger partial charge in [0.2, 0.25) is 5.91 Å². The van der Waals surface area contributed by atoms with Crippen molar-refractivity contribution in [2.75, 3.05) is 11.6 Å². The fraction of sp³-hybridized carbons (Fsp3) is 0.353. The summed E-state index contributed by atoms with van der Waals surface area (Å²) in [4.78, 5) is 28.3. The van der Waals surface area contributed by atoms with E-state index in [1.165, 1.54) is 11.3 Å². The molecule has 1 N–H and O–H groups in total. The molecule has 0 unspecified atom stereocenters. The van der Waals surface area contributed by atoms with Gasteiger partial charge in [-0.25, -0.2) is 9.99 Å². The Morgan fingerprint density at radius 1 is 1.32 bits per heavy atom. The zero-order valence-electron chi connectivity index (χ0n) is 14.1. The fourth-order valence-electron chi connectivity index (χ4n) is 2.57. The van der Waals surface area contributed by atoms with E-state index < -0.39 is 0 Å². The monoisotopic (exact) mass is 340 g/mol. The van der Waals surface area contributed by atoms with Gasteiger partial charge in [-0.3, -0.25) is 14.3 Å². The molecule has 0 bridgehead atoms. The molecule has 1 aliphatic heterocycles. The second-order valence-corrected chi connectivity index (χ2v) is 5.86. The molecule has 2 heterocycles. The van der Waals surface area contributed by atoms with E-state index in [0.29, 0.717) is 30.9 Å². The number of benzene rings is 1. The van der Waals surface area contributed by atoms with Crippen LogP contribution in [-0.2, 0) is 16.1 Å². The first-order valence-corrected chi connectivity index (χ1v) is 8.21. The van der Waals surface area contributed by atoms with Crippen LogP contribution in [-0.4, -0.2) is 38.8 Å². The van der Waals surface area contributed by atoms with Gasteiger partial charge in [-0.1, -0.05) is 12.1 Å². The van der Waals surface area contributed by atoms with Gasteiger partial charge in [-0.05, 0) is 31.0 Å². The predicted molar refractivity (Wildman–Crippen MR) is 93.0 cm³/mol. The summed E-state index contributed by atoms with van der Waals surface area (Å²) < 4.78 is 1.71. The molecule has 8 nitrogen and oxygen atoms in total. The van der Waals surface area contributed by atoms with E-state index in [1.807, 2.05) is 31.2 Å². The Morgan fingerprint density at radius 2 is 2.20 bits per heavy atom.